The number of rotatable bonds is 22. The number of nitrogens with one attached hydrogen (secondary N) is 3. The van der Waals surface area contributed by atoms with Gasteiger partial charge in [0.15, 0.2) is 11.8 Å². The second kappa shape index (κ2) is 21.9. The molecule has 2 heterocycles. The number of carbonyl (C=O) groups excluding carboxylic acids is 5. The molecule has 3 amide bonds. The van der Waals surface area contributed by atoms with Crippen molar-refractivity contribution in [3.05, 3.63) is 59.1 Å². The predicted octanol–water partition coefficient (Wildman–Crippen LogP) is 5.44. The highest BCUT2D eigenvalue weighted by Crippen LogP contribution is 2.34. The summed E-state index contributed by atoms with van der Waals surface area (Å²) in [4.78, 5) is 89.0. The van der Waals surface area contributed by atoms with Crippen molar-refractivity contribution in [2.24, 2.45) is 22.7 Å². The Morgan fingerprint density at radius 2 is 1.72 bits per heavy atom. The minimum atomic E-state index is -0.978. The minimum Gasteiger partial charge on any atom is -0.480 e. The zero-order valence-electron chi connectivity index (χ0n) is 33.4. The van der Waals surface area contributed by atoms with E-state index in [-0.39, 0.29) is 36.5 Å². The van der Waals surface area contributed by atoms with Crippen LogP contribution in [-0.4, -0.2) is 100 Å². The summed E-state index contributed by atoms with van der Waals surface area (Å²) in [6, 6.07) is 13.0. The van der Waals surface area contributed by atoms with Gasteiger partial charge in [-0.1, -0.05) is 43.2 Å². The monoisotopic (exact) mass is 834 g/mol. The molecule has 16 heteroatoms. The number of thioether (sulfide) groups is 1. The fraction of sp³-hybridized carbons (Fsp3) is 0.524. The van der Waals surface area contributed by atoms with Crippen LogP contribution in [0.5, 0.6) is 0 Å². The maximum atomic E-state index is 14.2. The number of carboxylic acids is 1. The zero-order valence-corrected chi connectivity index (χ0v) is 35.0. The van der Waals surface area contributed by atoms with Crippen molar-refractivity contribution in [3.8, 4) is 0 Å². The highest BCUT2D eigenvalue weighted by Gasteiger charge is 2.40. The number of benzene rings is 2. The van der Waals surface area contributed by atoms with E-state index in [4.69, 9.17) is 4.74 Å². The van der Waals surface area contributed by atoms with Crippen molar-refractivity contribution in [1.82, 2.24) is 20.5 Å². The molecule has 5 atom stereocenters. The van der Waals surface area contributed by atoms with Crippen molar-refractivity contribution in [3.63, 3.8) is 0 Å². The van der Waals surface area contributed by atoms with E-state index in [2.05, 4.69) is 30.8 Å². The van der Waals surface area contributed by atoms with E-state index >= 15 is 0 Å². The second-order valence-electron chi connectivity index (χ2n) is 15.2. The lowest BCUT2D eigenvalue weighted by Crippen LogP contribution is -2.46. The molecule has 0 spiro atoms. The zero-order chi connectivity index (χ0) is 41.6. The SMILES string of the molecule is CC(=O)NCCCC[C@H](CC(=O)[C@H](CCCCN(C)C)NC(=O)[C@@H]1CCCC1C(=O)OCc1ccccc1)C(=O)Nc1ccc2nc(C3=N[C@@H](C(=O)O)CS3)sc2c1. The van der Waals surface area contributed by atoms with E-state index in [9.17, 15) is 33.9 Å². The fourth-order valence-corrected chi connectivity index (χ4v) is 9.31. The third-order valence-corrected chi connectivity index (χ3v) is 12.6. The fourth-order valence-electron chi connectivity index (χ4n) is 7.21. The summed E-state index contributed by atoms with van der Waals surface area (Å²) in [5.41, 5.74) is 2.07. The van der Waals surface area contributed by atoms with Crippen LogP contribution in [0, 0.1) is 17.8 Å². The lowest BCUT2D eigenvalue weighted by molar-refractivity contribution is -0.153. The Labute approximate surface area is 347 Å². The first-order valence-electron chi connectivity index (χ1n) is 20.0. The quantitative estimate of drug-likeness (QED) is 0.0744. The van der Waals surface area contributed by atoms with E-state index in [0.717, 1.165) is 23.2 Å². The number of thiazole rings is 1. The number of Topliss-reactive ketones (excluding diaryl/α,β-unsaturated/α-hetero) is 1. The molecule has 1 aromatic heterocycles. The number of ketones is 1. The van der Waals surface area contributed by atoms with Gasteiger partial charge in [0.05, 0.1) is 28.1 Å². The van der Waals surface area contributed by atoms with E-state index in [1.54, 1.807) is 18.2 Å². The van der Waals surface area contributed by atoms with Crippen LogP contribution in [-0.2, 0) is 40.1 Å². The van der Waals surface area contributed by atoms with E-state index in [0.29, 0.717) is 84.9 Å². The van der Waals surface area contributed by atoms with Crippen molar-refractivity contribution in [2.75, 3.05) is 38.3 Å². The highest BCUT2D eigenvalue weighted by atomic mass is 32.2. The Morgan fingerprint density at radius 3 is 2.45 bits per heavy atom. The van der Waals surface area contributed by atoms with Gasteiger partial charge < -0.3 is 30.7 Å². The summed E-state index contributed by atoms with van der Waals surface area (Å²) in [5, 5.41) is 19.3. The summed E-state index contributed by atoms with van der Waals surface area (Å²) >= 11 is 2.71. The van der Waals surface area contributed by atoms with Gasteiger partial charge >= 0.3 is 11.9 Å². The van der Waals surface area contributed by atoms with Gasteiger partial charge in [-0.05, 0) is 89.3 Å². The van der Waals surface area contributed by atoms with Crippen molar-refractivity contribution in [2.45, 2.75) is 89.8 Å². The summed E-state index contributed by atoms with van der Waals surface area (Å²) in [5.74, 6) is -4.08. The lowest BCUT2D eigenvalue weighted by atomic mass is 9.90. The van der Waals surface area contributed by atoms with Crippen molar-refractivity contribution in [1.29, 1.82) is 0 Å². The number of aromatic nitrogens is 1. The summed E-state index contributed by atoms with van der Waals surface area (Å²) < 4.78 is 6.40. The molecule has 0 bridgehead atoms. The molecule has 5 rings (SSSR count). The number of hydrogen-bond acceptors (Lipinski definition) is 12. The molecule has 3 aromatic rings. The van der Waals surface area contributed by atoms with Crippen LogP contribution in [0.2, 0.25) is 0 Å². The molecule has 2 aliphatic rings. The van der Waals surface area contributed by atoms with E-state index < -0.39 is 41.8 Å². The van der Waals surface area contributed by atoms with Gasteiger partial charge in [-0.15, -0.1) is 23.1 Å². The lowest BCUT2D eigenvalue weighted by Gasteiger charge is -2.24. The number of amides is 3. The average molecular weight is 835 g/mol. The predicted molar refractivity (Wildman–Crippen MR) is 226 cm³/mol. The van der Waals surface area contributed by atoms with Crippen LogP contribution in [0.1, 0.15) is 81.7 Å². The molecule has 14 nitrogen and oxygen atoms in total. The van der Waals surface area contributed by atoms with Crippen LogP contribution < -0.4 is 16.0 Å². The number of carboxylic acid groups (broad SMARTS) is 1. The Balaban J connectivity index is 1.28. The number of ether oxygens (including phenoxy) is 1. The van der Waals surface area contributed by atoms with E-state index in [1.165, 1.54) is 30.0 Å². The summed E-state index contributed by atoms with van der Waals surface area (Å²) in [7, 11) is 3.95. The molecule has 58 heavy (non-hydrogen) atoms. The maximum absolute atomic E-state index is 14.2. The third-order valence-electron chi connectivity index (χ3n) is 10.4. The van der Waals surface area contributed by atoms with Gasteiger partial charge in [0.25, 0.3) is 0 Å². The first-order chi connectivity index (χ1) is 27.9. The molecule has 0 saturated heterocycles. The number of aliphatic imine (C=N–C) groups is 1. The van der Waals surface area contributed by atoms with Crippen LogP contribution in [0.15, 0.2) is 53.5 Å². The van der Waals surface area contributed by atoms with Crippen LogP contribution in [0.25, 0.3) is 10.2 Å². The first kappa shape index (κ1) is 44.4. The van der Waals surface area contributed by atoms with Crippen molar-refractivity contribution >= 4 is 79.5 Å². The number of hydrogen-bond donors (Lipinski definition) is 4. The van der Waals surface area contributed by atoms with Crippen LogP contribution in [0.3, 0.4) is 0 Å². The Kier molecular flexibility index (Phi) is 16.8. The minimum absolute atomic E-state index is 0.105. The Hall–Kier alpha value is -4.67. The van der Waals surface area contributed by atoms with Crippen LogP contribution >= 0.6 is 23.1 Å². The van der Waals surface area contributed by atoms with Gasteiger partial charge in [0.2, 0.25) is 17.7 Å². The number of aliphatic carboxylic acids is 1. The normalized spacial score (nSPS) is 18.7. The van der Waals surface area contributed by atoms with Gasteiger partial charge in [0.1, 0.15) is 16.7 Å². The van der Waals surface area contributed by atoms with Gasteiger partial charge in [0, 0.05) is 37.2 Å². The molecule has 1 aliphatic heterocycles. The molecule has 312 valence electrons. The molecule has 2 aromatic carbocycles. The third kappa shape index (κ3) is 13.2. The summed E-state index contributed by atoms with van der Waals surface area (Å²) in [6.07, 6.45) is 5.09. The maximum Gasteiger partial charge on any atom is 0.329 e. The molecule has 1 aliphatic carbocycles. The Morgan fingerprint density at radius 1 is 0.966 bits per heavy atom. The van der Waals surface area contributed by atoms with Crippen molar-refractivity contribution < 1.29 is 38.6 Å². The standard InChI is InChI=1S/C42H54N6O8S2/c1-26(49)43-20-9-7-14-28(37(51)44-29-18-19-33-36(23-29)58-40(46-33)39-47-34(25-57-39)41(53)54)22-35(50)32(17-8-10-21-48(2)3)45-38(52)30-15-11-16-31(30)42(55)56-24-27-12-5-4-6-13-27/h4-6,12-13,18-19,23,28,30-32,34H,7-11,14-17,20-22,24-25H2,1-3H3,(H,43,49)(H,44,51)(H,45,52)(H,53,54)/t28-,30-,31?,32+,34-/m1/s1. The molecule has 1 saturated carbocycles. The number of carbonyl (C=O) groups is 6. The second-order valence-corrected chi connectivity index (χ2v) is 17.3. The molecule has 1 unspecified atom stereocenters. The Bertz CT molecular complexity index is 1950. The molecular weight excluding hydrogens is 781 g/mol. The van der Waals surface area contributed by atoms with E-state index in [1.807, 2.05) is 44.4 Å². The van der Waals surface area contributed by atoms with Crippen LogP contribution in [0.4, 0.5) is 5.69 Å². The number of esters is 1. The number of unbranched alkanes of at least 4 members (excludes halogenated alkanes) is 2. The molecule has 1 fully saturated rings. The highest BCUT2D eigenvalue weighted by molar-refractivity contribution is 8.15. The number of nitrogens with zero attached hydrogens (tertiary/aromatic N) is 3. The van der Waals surface area contributed by atoms with Gasteiger partial charge in [-0.2, -0.15) is 0 Å². The average Bonchev–Trinajstić information content (AvgIpc) is 3.98. The van der Waals surface area contributed by atoms with Gasteiger partial charge in [-0.3, -0.25) is 29.0 Å². The summed E-state index contributed by atoms with van der Waals surface area (Å²) in [6.45, 7) is 2.82. The number of anilines is 1. The molecule has 0 radical (unpaired) electrons. The largest absolute Gasteiger partial charge is 0.480 e. The molecular formula is C42H54N6O8S2. The number of fused-ring (bicyclic) bond motifs is 1. The topological polar surface area (TPSA) is 196 Å². The first-order valence-corrected chi connectivity index (χ1v) is 21.8. The smallest absolute Gasteiger partial charge is 0.329 e. The molecule has 4 N–H and O–H groups in total. The van der Waals surface area contributed by atoms with Gasteiger partial charge in [-0.25, -0.2) is 9.78 Å².